The van der Waals surface area contributed by atoms with Gasteiger partial charge in [0.25, 0.3) is 5.91 Å². The molecule has 0 aromatic heterocycles. The SMILES string of the molecule is [C-]#[N+]c1ccc(O)c(C(=O)N=C(N)N)c1-c1cccc(C)c1C. The number of carbonyl (C=O) groups excluding carboxylic acids is 1. The minimum Gasteiger partial charge on any atom is -0.507 e. The second-order valence-electron chi connectivity index (χ2n) is 5.05. The maximum absolute atomic E-state index is 12.3. The van der Waals surface area contributed by atoms with Crippen molar-refractivity contribution in [3.05, 3.63) is 58.4 Å². The Morgan fingerprint density at radius 1 is 1.22 bits per heavy atom. The van der Waals surface area contributed by atoms with Crippen molar-refractivity contribution in [1.82, 2.24) is 0 Å². The summed E-state index contributed by atoms with van der Waals surface area (Å²) in [6.07, 6.45) is 0. The highest BCUT2D eigenvalue weighted by molar-refractivity contribution is 6.10. The van der Waals surface area contributed by atoms with Crippen LogP contribution in [-0.2, 0) is 0 Å². The van der Waals surface area contributed by atoms with Crippen molar-refractivity contribution < 1.29 is 9.90 Å². The van der Waals surface area contributed by atoms with Crippen molar-refractivity contribution in [2.75, 3.05) is 0 Å². The smallest absolute Gasteiger partial charge is 0.283 e. The summed E-state index contributed by atoms with van der Waals surface area (Å²) >= 11 is 0. The number of phenolic OH excluding ortho intramolecular Hbond substituents is 1. The van der Waals surface area contributed by atoms with Crippen LogP contribution >= 0.6 is 0 Å². The number of phenols is 1. The lowest BCUT2D eigenvalue weighted by molar-refractivity contribution is 0.100. The Balaban J connectivity index is 2.88. The summed E-state index contributed by atoms with van der Waals surface area (Å²) < 4.78 is 0. The number of guanidine groups is 1. The van der Waals surface area contributed by atoms with Gasteiger partial charge in [0.2, 0.25) is 0 Å². The molecular formula is C17H16N4O2. The summed E-state index contributed by atoms with van der Waals surface area (Å²) in [6, 6.07) is 8.29. The number of amides is 1. The second-order valence-corrected chi connectivity index (χ2v) is 5.05. The molecule has 6 nitrogen and oxygen atoms in total. The first-order valence-corrected chi connectivity index (χ1v) is 6.80. The van der Waals surface area contributed by atoms with Gasteiger partial charge in [-0.3, -0.25) is 4.79 Å². The van der Waals surface area contributed by atoms with Gasteiger partial charge in [0.1, 0.15) is 5.75 Å². The molecule has 0 atom stereocenters. The van der Waals surface area contributed by atoms with Gasteiger partial charge in [-0.05, 0) is 36.6 Å². The molecule has 0 aliphatic heterocycles. The molecular weight excluding hydrogens is 292 g/mol. The minimum absolute atomic E-state index is 0.0828. The van der Waals surface area contributed by atoms with Crippen LogP contribution in [0.3, 0.4) is 0 Å². The average molecular weight is 308 g/mol. The summed E-state index contributed by atoms with van der Waals surface area (Å²) in [5.74, 6) is -1.47. The molecule has 0 bridgehead atoms. The number of aryl methyl sites for hydroxylation is 1. The predicted octanol–water partition coefficient (Wildman–Crippen LogP) is 2.64. The Morgan fingerprint density at radius 2 is 1.91 bits per heavy atom. The van der Waals surface area contributed by atoms with E-state index in [4.69, 9.17) is 18.0 Å². The molecule has 0 saturated carbocycles. The molecule has 2 aromatic carbocycles. The molecule has 0 saturated heterocycles. The third kappa shape index (κ3) is 2.99. The number of hydrogen-bond donors (Lipinski definition) is 3. The Morgan fingerprint density at radius 3 is 2.52 bits per heavy atom. The quantitative estimate of drug-likeness (QED) is 0.450. The number of nitrogens with zero attached hydrogens (tertiary/aromatic N) is 2. The molecule has 0 fully saturated rings. The molecule has 0 aliphatic carbocycles. The molecule has 0 radical (unpaired) electrons. The highest BCUT2D eigenvalue weighted by Gasteiger charge is 2.22. The number of benzene rings is 2. The van der Waals surface area contributed by atoms with E-state index in [1.165, 1.54) is 12.1 Å². The monoisotopic (exact) mass is 308 g/mol. The van der Waals surface area contributed by atoms with Crippen molar-refractivity contribution in [3.8, 4) is 16.9 Å². The molecule has 2 aromatic rings. The summed E-state index contributed by atoms with van der Waals surface area (Å²) in [5, 5.41) is 10.1. The molecule has 0 heterocycles. The molecule has 116 valence electrons. The molecule has 1 amide bonds. The van der Waals surface area contributed by atoms with E-state index in [0.717, 1.165) is 11.1 Å². The van der Waals surface area contributed by atoms with E-state index >= 15 is 0 Å². The van der Waals surface area contributed by atoms with E-state index in [1.54, 1.807) is 6.07 Å². The van der Waals surface area contributed by atoms with E-state index in [1.807, 2.05) is 26.0 Å². The van der Waals surface area contributed by atoms with Crippen LogP contribution in [0.1, 0.15) is 21.5 Å². The fraction of sp³-hybridized carbons (Fsp3) is 0.118. The summed E-state index contributed by atoms with van der Waals surface area (Å²) in [6.45, 7) is 11.2. The fourth-order valence-electron chi connectivity index (χ4n) is 2.36. The van der Waals surface area contributed by atoms with Crippen LogP contribution in [-0.4, -0.2) is 17.0 Å². The van der Waals surface area contributed by atoms with E-state index in [-0.39, 0.29) is 17.0 Å². The molecule has 5 N–H and O–H groups in total. The van der Waals surface area contributed by atoms with Crippen LogP contribution in [0.2, 0.25) is 0 Å². The van der Waals surface area contributed by atoms with Crippen LogP contribution in [0, 0.1) is 20.4 Å². The first-order chi connectivity index (χ1) is 10.9. The molecule has 0 aliphatic rings. The highest BCUT2D eigenvalue weighted by Crippen LogP contribution is 2.40. The summed E-state index contributed by atoms with van der Waals surface area (Å²) in [7, 11) is 0. The van der Waals surface area contributed by atoms with Gasteiger partial charge < -0.3 is 16.6 Å². The molecule has 6 heteroatoms. The number of nitrogens with two attached hydrogens (primary N) is 2. The summed E-state index contributed by atoms with van der Waals surface area (Å²) in [5.41, 5.74) is 13.6. The van der Waals surface area contributed by atoms with Crippen LogP contribution in [0.15, 0.2) is 35.3 Å². The van der Waals surface area contributed by atoms with Crippen molar-refractivity contribution >= 4 is 17.6 Å². The van der Waals surface area contributed by atoms with Crippen LogP contribution in [0.5, 0.6) is 5.75 Å². The van der Waals surface area contributed by atoms with E-state index in [0.29, 0.717) is 11.1 Å². The second kappa shape index (κ2) is 6.20. The zero-order chi connectivity index (χ0) is 17.1. The minimum atomic E-state index is -0.788. The van der Waals surface area contributed by atoms with Gasteiger partial charge in [-0.25, -0.2) is 4.85 Å². The molecule has 23 heavy (non-hydrogen) atoms. The van der Waals surface area contributed by atoms with E-state index in [9.17, 15) is 9.90 Å². The number of aromatic hydroxyl groups is 1. The zero-order valence-electron chi connectivity index (χ0n) is 12.8. The Kier molecular flexibility index (Phi) is 4.32. The van der Waals surface area contributed by atoms with Crippen LogP contribution in [0.4, 0.5) is 5.69 Å². The average Bonchev–Trinajstić information content (AvgIpc) is 2.49. The Hall–Kier alpha value is -3.33. The van der Waals surface area contributed by atoms with Gasteiger partial charge in [0.05, 0.1) is 12.1 Å². The third-order valence-corrected chi connectivity index (χ3v) is 3.60. The van der Waals surface area contributed by atoms with Gasteiger partial charge in [-0.15, -0.1) is 0 Å². The van der Waals surface area contributed by atoms with Gasteiger partial charge in [0, 0.05) is 5.56 Å². The number of aliphatic imine (C=N–C) groups is 1. The first-order valence-electron chi connectivity index (χ1n) is 6.80. The summed E-state index contributed by atoms with van der Waals surface area (Å²) in [4.78, 5) is 19.3. The van der Waals surface area contributed by atoms with Gasteiger partial charge in [-0.1, -0.05) is 24.3 Å². The van der Waals surface area contributed by atoms with E-state index in [2.05, 4.69) is 9.84 Å². The standard InChI is InChI=1S/C17H16N4O2/c1-9-5-4-6-11(10(9)2)14-12(20-3)7-8-13(22)15(14)16(23)21-17(18)19/h4-8,22H,1-2H3,(H4,18,19,21,23). The van der Waals surface area contributed by atoms with E-state index < -0.39 is 11.9 Å². The lowest BCUT2D eigenvalue weighted by atomic mass is 9.91. The lowest BCUT2D eigenvalue weighted by Gasteiger charge is -2.15. The maximum atomic E-state index is 12.3. The number of rotatable bonds is 2. The first kappa shape index (κ1) is 16.0. The van der Waals surface area contributed by atoms with Crippen LogP contribution < -0.4 is 11.5 Å². The Bertz CT molecular complexity index is 860. The fourth-order valence-corrected chi connectivity index (χ4v) is 2.36. The van der Waals surface area contributed by atoms with Crippen LogP contribution in [0.25, 0.3) is 16.0 Å². The van der Waals surface area contributed by atoms with Gasteiger partial charge in [-0.2, -0.15) is 4.99 Å². The molecule has 0 spiro atoms. The molecule has 0 unspecified atom stereocenters. The number of carbonyl (C=O) groups is 1. The van der Waals surface area contributed by atoms with Crippen molar-refractivity contribution in [2.45, 2.75) is 13.8 Å². The largest absolute Gasteiger partial charge is 0.507 e. The van der Waals surface area contributed by atoms with Crippen molar-refractivity contribution in [3.63, 3.8) is 0 Å². The normalized spacial score (nSPS) is 9.96. The zero-order valence-corrected chi connectivity index (χ0v) is 12.8. The third-order valence-electron chi connectivity index (χ3n) is 3.60. The molecule has 2 rings (SSSR count). The predicted molar refractivity (Wildman–Crippen MR) is 89.4 cm³/mol. The lowest BCUT2D eigenvalue weighted by Crippen LogP contribution is -2.24. The topological polar surface area (TPSA) is 106 Å². The maximum Gasteiger partial charge on any atom is 0.283 e. The van der Waals surface area contributed by atoms with Gasteiger partial charge in [0.15, 0.2) is 11.6 Å². The van der Waals surface area contributed by atoms with Gasteiger partial charge >= 0.3 is 0 Å². The van der Waals surface area contributed by atoms with Crippen molar-refractivity contribution in [2.24, 2.45) is 16.5 Å². The Labute approximate surface area is 133 Å². The van der Waals surface area contributed by atoms with Crippen molar-refractivity contribution in [1.29, 1.82) is 0 Å². The highest BCUT2D eigenvalue weighted by atomic mass is 16.3. The number of hydrogen-bond acceptors (Lipinski definition) is 2.